The SMILES string of the molecule is Cc1ccc(C(C)NC(C)c2ccc(Br)cc2)c(O)c1. The Morgan fingerprint density at radius 3 is 2.25 bits per heavy atom. The van der Waals surface area contributed by atoms with Gasteiger partial charge in [-0.25, -0.2) is 0 Å². The summed E-state index contributed by atoms with van der Waals surface area (Å²) < 4.78 is 1.08. The zero-order valence-electron chi connectivity index (χ0n) is 12.0. The number of hydrogen-bond acceptors (Lipinski definition) is 2. The highest BCUT2D eigenvalue weighted by Gasteiger charge is 2.14. The molecular formula is C17H20BrNO. The van der Waals surface area contributed by atoms with Crippen LogP contribution in [-0.2, 0) is 0 Å². The molecule has 0 aliphatic rings. The third kappa shape index (κ3) is 3.62. The fourth-order valence-electron chi connectivity index (χ4n) is 2.33. The Morgan fingerprint density at radius 2 is 1.65 bits per heavy atom. The minimum Gasteiger partial charge on any atom is -0.508 e. The lowest BCUT2D eigenvalue weighted by Gasteiger charge is -2.21. The summed E-state index contributed by atoms with van der Waals surface area (Å²) in [6.45, 7) is 6.18. The van der Waals surface area contributed by atoms with Crippen LogP contribution in [0.3, 0.4) is 0 Å². The molecule has 0 aromatic heterocycles. The molecular weight excluding hydrogens is 314 g/mol. The van der Waals surface area contributed by atoms with E-state index in [-0.39, 0.29) is 12.1 Å². The fraction of sp³-hybridized carbons (Fsp3) is 0.294. The van der Waals surface area contributed by atoms with Crippen molar-refractivity contribution in [1.29, 1.82) is 0 Å². The molecule has 2 rings (SSSR count). The number of rotatable bonds is 4. The van der Waals surface area contributed by atoms with E-state index in [2.05, 4.69) is 47.2 Å². The maximum atomic E-state index is 10.0. The van der Waals surface area contributed by atoms with Gasteiger partial charge in [0.05, 0.1) is 0 Å². The Bertz CT molecular complexity index is 580. The maximum absolute atomic E-state index is 10.0. The lowest BCUT2D eigenvalue weighted by Crippen LogP contribution is -2.22. The molecule has 0 fully saturated rings. The van der Waals surface area contributed by atoms with E-state index in [4.69, 9.17) is 0 Å². The third-order valence-corrected chi connectivity index (χ3v) is 4.05. The molecule has 0 radical (unpaired) electrons. The Morgan fingerprint density at radius 1 is 1.00 bits per heavy atom. The quantitative estimate of drug-likeness (QED) is 0.836. The first-order valence-corrected chi connectivity index (χ1v) is 7.57. The normalized spacial score (nSPS) is 14.0. The van der Waals surface area contributed by atoms with Crippen molar-refractivity contribution in [3.05, 3.63) is 63.6 Å². The van der Waals surface area contributed by atoms with E-state index in [1.165, 1.54) is 5.56 Å². The zero-order chi connectivity index (χ0) is 14.7. The standard InChI is InChI=1S/C17H20BrNO/c1-11-4-9-16(17(20)10-11)13(3)19-12(2)14-5-7-15(18)8-6-14/h4-10,12-13,19-20H,1-3H3. The van der Waals surface area contributed by atoms with Gasteiger partial charge in [-0.05, 0) is 50.1 Å². The van der Waals surface area contributed by atoms with Crippen LogP contribution < -0.4 is 5.32 Å². The lowest BCUT2D eigenvalue weighted by atomic mass is 10.0. The second-order valence-corrected chi connectivity index (χ2v) is 6.14. The van der Waals surface area contributed by atoms with Crippen LogP contribution in [-0.4, -0.2) is 5.11 Å². The number of nitrogens with one attached hydrogen (secondary N) is 1. The molecule has 2 N–H and O–H groups in total. The first-order chi connectivity index (χ1) is 9.47. The predicted octanol–water partition coefficient (Wildman–Crippen LogP) is 4.87. The highest BCUT2D eigenvalue weighted by Crippen LogP contribution is 2.27. The monoisotopic (exact) mass is 333 g/mol. The second-order valence-electron chi connectivity index (χ2n) is 5.22. The third-order valence-electron chi connectivity index (χ3n) is 3.52. The molecule has 0 bridgehead atoms. The molecule has 0 saturated heterocycles. The number of aryl methyl sites for hydroxylation is 1. The van der Waals surface area contributed by atoms with Gasteiger partial charge in [-0.2, -0.15) is 0 Å². The van der Waals surface area contributed by atoms with Gasteiger partial charge in [-0.15, -0.1) is 0 Å². The van der Waals surface area contributed by atoms with Crippen LogP contribution in [0.15, 0.2) is 46.9 Å². The Kier molecular flexibility index (Phi) is 4.84. The van der Waals surface area contributed by atoms with E-state index in [1.54, 1.807) is 6.07 Å². The molecule has 2 unspecified atom stereocenters. The number of benzene rings is 2. The van der Waals surface area contributed by atoms with Crippen LogP contribution in [0, 0.1) is 6.92 Å². The Hall–Kier alpha value is -1.32. The fourth-order valence-corrected chi connectivity index (χ4v) is 2.60. The number of hydrogen-bond donors (Lipinski definition) is 2. The van der Waals surface area contributed by atoms with Gasteiger partial charge in [0.1, 0.15) is 5.75 Å². The van der Waals surface area contributed by atoms with Gasteiger partial charge in [0.2, 0.25) is 0 Å². The van der Waals surface area contributed by atoms with Crippen LogP contribution in [0.4, 0.5) is 0 Å². The molecule has 0 heterocycles. The number of halogens is 1. The van der Waals surface area contributed by atoms with Crippen LogP contribution in [0.1, 0.15) is 42.6 Å². The zero-order valence-corrected chi connectivity index (χ0v) is 13.6. The molecule has 106 valence electrons. The topological polar surface area (TPSA) is 32.3 Å². The van der Waals surface area contributed by atoms with Gasteiger partial charge in [-0.1, -0.05) is 40.2 Å². The summed E-state index contributed by atoms with van der Waals surface area (Å²) >= 11 is 3.44. The molecule has 2 nitrogen and oxygen atoms in total. The van der Waals surface area contributed by atoms with Crippen LogP contribution in [0.2, 0.25) is 0 Å². The summed E-state index contributed by atoms with van der Waals surface area (Å²) in [5, 5.41) is 13.6. The van der Waals surface area contributed by atoms with Gasteiger partial charge in [-0.3, -0.25) is 0 Å². The number of aromatic hydroxyl groups is 1. The number of phenols is 1. The Balaban J connectivity index is 2.10. The molecule has 2 atom stereocenters. The van der Waals surface area contributed by atoms with Gasteiger partial charge in [0.25, 0.3) is 0 Å². The Labute approximate surface area is 129 Å². The molecule has 0 amide bonds. The van der Waals surface area contributed by atoms with Crippen molar-refractivity contribution in [1.82, 2.24) is 5.32 Å². The van der Waals surface area contributed by atoms with Crippen molar-refractivity contribution in [3.63, 3.8) is 0 Å². The van der Waals surface area contributed by atoms with Gasteiger partial charge < -0.3 is 10.4 Å². The maximum Gasteiger partial charge on any atom is 0.120 e. The average molecular weight is 334 g/mol. The lowest BCUT2D eigenvalue weighted by molar-refractivity contribution is 0.438. The van der Waals surface area contributed by atoms with Gasteiger partial charge in [0, 0.05) is 22.1 Å². The molecule has 0 aliphatic carbocycles. The van der Waals surface area contributed by atoms with E-state index in [0.29, 0.717) is 5.75 Å². The summed E-state index contributed by atoms with van der Waals surface area (Å²) in [6.07, 6.45) is 0. The smallest absolute Gasteiger partial charge is 0.120 e. The first kappa shape index (κ1) is 15.1. The van der Waals surface area contributed by atoms with Gasteiger partial charge >= 0.3 is 0 Å². The summed E-state index contributed by atoms with van der Waals surface area (Å²) in [5.41, 5.74) is 3.23. The van der Waals surface area contributed by atoms with Crippen molar-refractivity contribution in [3.8, 4) is 5.75 Å². The molecule has 20 heavy (non-hydrogen) atoms. The van der Waals surface area contributed by atoms with E-state index in [0.717, 1.165) is 15.6 Å². The van der Waals surface area contributed by atoms with Crippen molar-refractivity contribution in [2.75, 3.05) is 0 Å². The van der Waals surface area contributed by atoms with E-state index in [9.17, 15) is 5.11 Å². The van der Waals surface area contributed by atoms with Crippen LogP contribution >= 0.6 is 15.9 Å². The minimum atomic E-state index is 0.0919. The molecule has 3 heteroatoms. The summed E-state index contributed by atoms with van der Waals surface area (Å²) in [7, 11) is 0. The predicted molar refractivity (Wildman–Crippen MR) is 87.0 cm³/mol. The molecule has 2 aromatic rings. The second kappa shape index (κ2) is 6.42. The molecule has 0 saturated carbocycles. The van der Waals surface area contributed by atoms with Crippen LogP contribution in [0.25, 0.3) is 0 Å². The summed E-state index contributed by atoms with van der Waals surface area (Å²) in [5.74, 6) is 0.355. The van der Waals surface area contributed by atoms with Crippen LogP contribution in [0.5, 0.6) is 5.75 Å². The van der Waals surface area contributed by atoms with Crippen molar-refractivity contribution in [2.24, 2.45) is 0 Å². The van der Waals surface area contributed by atoms with E-state index in [1.807, 2.05) is 31.2 Å². The number of phenolic OH excluding ortho intramolecular Hbond substituents is 1. The largest absolute Gasteiger partial charge is 0.508 e. The summed E-state index contributed by atoms with van der Waals surface area (Å²) in [4.78, 5) is 0. The van der Waals surface area contributed by atoms with Gasteiger partial charge in [0.15, 0.2) is 0 Å². The van der Waals surface area contributed by atoms with Crippen molar-refractivity contribution in [2.45, 2.75) is 32.9 Å². The highest BCUT2D eigenvalue weighted by molar-refractivity contribution is 9.10. The summed E-state index contributed by atoms with van der Waals surface area (Å²) in [6, 6.07) is 14.4. The minimum absolute atomic E-state index is 0.0919. The highest BCUT2D eigenvalue weighted by atomic mass is 79.9. The van der Waals surface area contributed by atoms with E-state index < -0.39 is 0 Å². The molecule has 0 aliphatic heterocycles. The molecule has 2 aromatic carbocycles. The van der Waals surface area contributed by atoms with E-state index >= 15 is 0 Å². The first-order valence-electron chi connectivity index (χ1n) is 6.78. The van der Waals surface area contributed by atoms with Crippen molar-refractivity contribution < 1.29 is 5.11 Å². The molecule has 0 spiro atoms. The van der Waals surface area contributed by atoms with Crippen molar-refractivity contribution >= 4 is 15.9 Å². The average Bonchev–Trinajstić information content (AvgIpc) is 2.39.